The number of amides is 2. The summed E-state index contributed by atoms with van der Waals surface area (Å²) in [6.45, 7) is 1.30. The predicted octanol–water partition coefficient (Wildman–Crippen LogP) is 0.963. The molecule has 26 heavy (non-hydrogen) atoms. The summed E-state index contributed by atoms with van der Waals surface area (Å²) in [4.78, 5) is 36.7. The van der Waals surface area contributed by atoms with Gasteiger partial charge in [0, 0.05) is 26.1 Å². The van der Waals surface area contributed by atoms with Gasteiger partial charge < -0.3 is 15.7 Å². The Morgan fingerprint density at radius 3 is 2.54 bits per heavy atom. The number of nitrogens with zero attached hydrogens (tertiary/aromatic N) is 1. The predicted molar refractivity (Wildman–Crippen MR) is 97.7 cm³/mol. The largest absolute Gasteiger partial charge is 0.480 e. The van der Waals surface area contributed by atoms with E-state index in [4.69, 9.17) is 5.11 Å². The molecule has 7 heteroatoms. The van der Waals surface area contributed by atoms with Crippen molar-refractivity contribution < 1.29 is 19.5 Å². The molecule has 1 saturated heterocycles. The lowest BCUT2D eigenvalue weighted by molar-refractivity contribution is -0.138. The molecular formula is C19H27N3O4. The monoisotopic (exact) mass is 361 g/mol. The first-order chi connectivity index (χ1) is 12.5. The zero-order valence-corrected chi connectivity index (χ0v) is 14.9. The smallest absolute Gasteiger partial charge is 0.317 e. The molecule has 1 fully saturated rings. The highest BCUT2D eigenvalue weighted by molar-refractivity contribution is 5.79. The highest BCUT2D eigenvalue weighted by Crippen LogP contribution is 2.24. The van der Waals surface area contributed by atoms with Crippen molar-refractivity contribution in [3.8, 4) is 0 Å². The van der Waals surface area contributed by atoms with E-state index in [1.54, 1.807) is 4.90 Å². The molecule has 0 bridgehead atoms. The molecule has 0 radical (unpaired) electrons. The molecule has 1 aromatic carbocycles. The first-order valence-corrected chi connectivity index (χ1v) is 9.07. The summed E-state index contributed by atoms with van der Waals surface area (Å²) in [7, 11) is 0. The van der Waals surface area contributed by atoms with Crippen LogP contribution in [-0.4, -0.2) is 60.5 Å². The molecule has 1 atom stereocenters. The van der Waals surface area contributed by atoms with Crippen molar-refractivity contribution in [3.63, 3.8) is 0 Å². The lowest BCUT2D eigenvalue weighted by Gasteiger charge is -2.22. The molecule has 1 aliphatic heterocycles. The van der Waals surface area contributed by atoms with Gasteiger partial charge in [-0.1, -0.05) is 30.3 Å². The van der Waals surface area contributed by atoms with Crippen molar-refractivity contribution in [2.24, 2.45) is 0 Å². The standard InChI is InChI=1S/C19H27N3O4/c23-17-8-7-16(15-5-2-1-3-6-15)9-11-21-18(24)13-22(14-19(25)26)12-4-10-20-17/h1-3,5-6,16H,4,7-14H2,(H,20,23)(H,21,24)(H,25,26). The normalized spacial score (nSPS) is 21.3. The van der Waals surface area contributed by atoms with Crippen LogP contribution in [0.25, 0.3) is 0 Å². The minimum atomic E-state index is -0.966. The molecule has 7 nitrogen and oxygen atoms in total. The van der Waals surface area contributed by atoms with Crippen molar-refractivity contribution in [2.75, 3.05) is 32.7 Å². The van der Waals surface area contributed by atoms with E-state index in [9.17, 15) is 14.4 Å². The van der Waals surface area contributed by atoms with Gasteiger partial charge in [0.25, 0.3) is 0 Å². The number of carbonyl (C=O) groups excluding carboxylic acids is 2. The van der Waals surface area contributed by atoms with Gasteiger partial charge in [-0.05, 0) is 30.7 Å². The number of carboxylic acids is 1. The van der Waals surface area contributed by atoms with E-state index in [0.29, 0.717) is 32.5 Å². The Morgan fingerprint density at radius 1 is 1.08 bits per heavy atom. The number of benzene rings is 1. The van der Waals surface area contributed by atoms with E-state index in [2.05, 4.69) is 10.6 Å². The van der Waals surface area contributed by atoms with E-state index in [-0.39, 0.29) is 30.8 Å². The number of carbonyl (C=O) groups is 3. The molecule has 2 amide bonds. The Hall–Kier alpha value is -2.41. The van der Waals surface area contributed by atoms with Crippen LogP contribution < -0.4 is 10.6 Å². The van der Waals surface area contributed by atoms with E-state index in [1.165, 1.54) is 0 Å². The zero-order valence-electron chi connectivity index (χ0n) is 14.9. The van der Waals surface area contributed by atoms with Crippen LogP contribution in [0.4, 0.5) is 0 Å². The fraction of sp³-hybridized carbons (Fsp3) is 0.526. The lowest BCUT2D eigenvalue weighted by atomic mass is 9.91. The summed E-state index contributed by atoms with van der Waals surface area (Å²) >= 11 is 0. The molecule has 142 valence electrons. The average molecular weight is 361 g/mol. The Morgan fingerprint density at radius 2 is 1.81 bits per heavy atom. The number of hydrogen-bond acceptors (Lipinski definition) is 4. The van der Waals surface area contributed by atoms with Crippen LogP contribution in [0.1, 0.15) is 37.2 Å². The molecule has 1 aromatic rings. The Labute approximate surface area is 153 Å². The number of carboxylic acid groups (broad SMARTS) is 1. The minimum Gasteiger partial charge on any atom is -0.480 e. The lowest BCUT2D eigenvalue weighted by Crippen LogP contribution is -2.41. The fourth-order valence-electron chi connectivity index (χ4n) is 3.18. The number of nitrogens with one attached hydrogen (secondary N) is 2. The van der Waals surface area contributed by atoms with E-state index in [1.807, 2.05) is 30.3 Å². The van der Waals surface area contributed by atoms with Gasteiger partial charge in [-0.3, -0.25) is 19.3 Å². The maximum atomic E-state index is 12.1. The summed E-state index contributed by atoms with van der Waals surface area (Å²) in [5.74, 6) is -0.927. The molecule has 0 saturated carbocycles. The number of rotatable bonds is 3. The second-order valence-electron chi connectivity index (χ2n) is 6.59. The van der Waals surface area contributed by atoms with Gasteiger partial charge in [0.05, 0.1) is 13.1 Å². The van der Waals surface area contributed by atoms with Crippen LogP contribution in [0.15, 0.2) is 30.3 Å². The maximum absolute atomic E-state index is 12.1. The zero-order chi connectivity index (χ0) is 18.8. The first kappa shape index (κ1) is 19.9. The van der Waals surface area contributed by atoms with Crippen molar-refractivity contribution in [2.45, 2.75) is 31.6 Å². The van der Waals surface area contributed by atoms with Crippen LogP contribution in [0.3, 0.4) is 0 Å². The van der Waals surface area contributed by atoms with Crippen molar-refractivity contribution >= 4 is 17.8 Å². The second kappa shape index (κ2) is 10.6. The SMILES string of the molecule is O=C(O)CN1CCCNC(=O)CCC(c2ccccc2)CCNC(=O)C1. The van der Waals surface area contributed by atoms with Gasteiger partial charge in [0.1, 0.15) is 0 Å². The van der Waals surface area contributed by atoms with Gasteiger partial charge in [0.15, 0.2) is 0 Å². The van der Waals surface area contributed by atoms with Crippen LogP contribution in [0.5, 0.6) is 0 Å². The molecule has 1 aliphatic rings. The quantitative estimate of drug-likeness (QED) is 0.745. The van der Waals surface area contributed by atoms with E-state index in [0.717, 1.165) is 18.4 Å². The summed E-state index contributed by atoms with van der Waals surface area (Å²) < 4.78 is 0. The third-order valence-electron chi connectivity index (χ3n) is 4.51. The number of aliphatic carboxylic acids is 1. The van der Waals surface area contributed by atoms with Crippen molar-refractivity contribution in [1.29, 1.82) is 0 Å². The molecule has 0 spiro atoms. The average Bonchev–Trinajstić information content (AvgIpc) is 2.61. The molecule has 1 heterocycles. The summed E-state index contributed by atoms with van der Waals surface area (Å²) in [6.07, 6.45) is 2.51. The molecule has 0 aromatic heterocycles. The number of hydrogen-bond donors (Lipinski definition) is 3. The van der Waals surface area contributed by atoms with Crippen molar-refractivity contribution in [1.82, 2.24) is 15.5 Å². The third-order valence-corrected chi connectivity index (χ3v) is 4.51. The molecule has 0 aliphatic carbocycles. The van der Waals surface area contributed by atoms with Crippen LogP contribution in [-0.2, 0) is 14.4 Å². The van der Waals surface area contributed by atoms with Gasteiger partial charge in [-0.2, -0.15) is 0 Å². The maximum Gasteiger partial charge on any atom is 0.317 e. The minimum absolute atomic E-state index is 0.0109. The van der Waals surface area contributed by atoms with Gasteiger partial charge in [0.2, 0.25) is 11.8 Å². The third kappa shape index (κ3) is 7.23. The van der Waals surface area contributed by atoms with Crippen LogP contribution >= 0.6 is 0 Å². The summed E-state index contributed by atoms with van der Waals surface area (Å²) in [5, 5.41) is 14.7. The topological polar surface area (TPSA) is 98.7 Å². The molecule has 2 rings (SSSR count). The van der Waals surface area contributed by atoms with E-state index < -0.39 is 5.97 Å². The first-order valence-electron chi connectivity index (χ1n) is 9.07. The molecule has 3 N–H and O–H groups in total. The van der Waals surface area contributed by atoms with E-state index >= 15 is 0 Å². The Kier molecular flexibility index (Phi) is 8.08. The summed E-state index contributed by atoms with van der Waals surface area (Å²) in [5.41, 5.74) is 1.16. The Balaban J connectivity index is 2.01. The Bertz CT molecular complexity index is 606. The van der Waals surface area contributed by atoms with Crippen LogP contribution in [0, 0.1) is 0 Å². The van der Waals surface area contributed by atoms with Crippen LogP contribution in [0.2, 0.25) is 0 Å². The highest BCUT2D eigenvalue weighted by atomic mass is 16.4. The molecular weight excluding hydrogens is 334 g/mol. The van der Waals surface area contributed by atoms with Gasteiger partial charge in [-0.15, -0.1) is 0 Å². The van der Waals surface area contributed by atoms with Gasteiger partial charge >= 0.3 is 5.97 Å². The fourth-order valence-corrected chi connectivity index (χ4v) is 3.18. The highest BCUT2D eigenvalue weighted by Gasteiger charge is 2.17. The molecule has 1 unspecified atom stereocenters. The van der Waals surface area contributed by atoms with Gasteiger partial charge in [-0.25, -0.2) is 0 Å². The van der Waals surface area contributed by atoms with Crippen molar-refractivity contribution in [3.05, 3.63) is 35.9 Å². The summed E-state index contributed by atoms with van der Waals surface area (Å²) in [6, 6.07) is 9.99. The second-order valence-corrected chi connectivity index (χ2v) is 6.59.